The van der Waals surface area contributed by atoms with Crippen LogP contribution < -0.4 is 0 Å². The Morgan fingerprint density at radius 3 is 2.48 bits per heavy atom. The molecule has 0 aliphatic heterocycles. The van der Waals surface area contributed by atoms with E-state index >= 15 is 0 Å². The molecule has 1 aromatic heterocycles. The van der Waals surface area contributed by atoms with Crippen molar-refractivity contribution >= 4 is 23.0 Å². The quantitative estimate of drug-likeness (QED) is 0.635. The number of carbonyl (C=O) groups is 1. The van der Waals surface area contributed by atoms with Gasteiger partial charge in [-0.1, -0.05) is 44.5 Å². The number of carbonyl (C=O) groups excluding carboxylic acids is 1. The fourth-order valence-electron chi connectivity index (χ4n) is 3.20. The van der Waals surface area contributed by atoms with Crippen molar-refractivity contribution in [3.8, 4) is 0 Å². The third-order valence-corrected chi connectivity index (χ3v) is 4.47. The Hall–Kier alpha value is -2.03. The molecule has 0 saturated carbocycles. The van der Waals surface area contributed by atoms with Gasteiger partial charge in [0.15, 0.2) is 0 Å². The summed E-state index contributed by atoms with van der Waals surface area (Å²) in [6.45, 7) is 11.6. The van der Waals surface area contributed by atoms with E-state index < -0.39 is 0 Å². The van der Waals surface area contributed by atoms with Crippen LogP contribution in [0.25, 0.3) is 17.0 Å². The standard InChI is InChI=1S/C20H28N2O/c1-5-9-10-13-16-17-14-11-12-15-19(17)22(18(16)6-2)20(23)21(7-3)8-4/h6,11-12,14-15H,2,5,7-10,13H2,1,3-4H3. The van der Waals surface area contributed by atoms with Gasteiger partial charge in [0, 0.05) is 18.5 Å². The lowest BCUT2D eigenvalue weighted by molar-refractivity contribution is 0.206. The second-order valence-electron chi connectivity index (χ2n) is 5.83. The van der Waals surface area contributed by atoms with E-state index in [0.717, 1.165) is 24.1 Å². The Kier molecular flexibility index (Phi) is 6.03. The molecule has 0 spiro atoms. The van der Waals surface area contributed by atoms with E-state index in [-0.39, 0.29) is 6.03 Å². The van der Waals surface area contributed by atoms with Crippen LogP contribution in [0.1, 0.15) is 51.3 Å². The SMILES string of the molecule is C=Cc1c(CCCCC)c2ccccc2n1C(=O)N(CC)CC. The van der Waals surface area contributed by atoms with E-state index in [9.17, 15) is 4.79 Å². The van der Waals surface area contributed by atoms with Crippen molar-refractivity contribution in [3.05, 3.63) is 42.1 Å². The Morgan fingerprint density at radius 2 is 1.87 bits per heavy atom. The average Bonchev–Trinajstić information content (AvgIpc) is 2.90. The average molecular weight is 312 g/mol. The van der Waals surface area contributed by atoms with Crippen LogP contribution in [0.4, 0.5) is 4.79 Å². The van der Waals surface area contributed by atoms with Crippen molar-refractivity contribution in [2.24, 2.45) is 0 Å². The Balaban J connectivity index is 2.59. The predicted octanol–water partition coefficient (Wildman–Crippen LogP) is 5.33. The lowest BCUT2D eigenvalue weighted by Gasteiger charge is -2.20. The minimum Gasteiger partial charge on any atom is -0.325 e. The van der Waals surface area contributed by atoms with Crippen LogP contribution in [-0.2, 0) is 6.42 Å². The van der Waals surface area contributed by atoms with E-state index in [1.54, 1.807) is 0 Å². The van der Waals surface area contributed by atoms with Gasteiger partial charge in [0.1, 0.15) is 0 Å². The molecule has 1 heterocycles. The number of aromatic nitrogens is 1. The molecule has 0 aliphatic rings. The highest BCUT2D eigenvalue weighted by Gasteiger charge is 2.21. The zero-order valence-corrected chi connectivity index (χ0v) is 14.6. The molecule has 0 fully saturated rings. The van der Waals surface area contributed by atoms with E-state index in [4.69, 9.17) is 0 Å². The van der Waals surface area contributed by atoms with E-state index in [0.29, 0.717) is 13.1 Å². The first kappa shape index (κ1) is 17.3. The normalized spacial score (nSPS) is 10.9. The number of nitrogens with zero attached hydrogens (tertiary/aromatic N) is 2. The fraction of sp³-hybridized carbons (Fsp3) is 0.450. The van der Waals surface area contributed by atoms with Gasteiger partial charge in [-0.15, -0.1) is 0 Å². The predicted molar refractivity (Wildman–Crippen MR) is 99.0 cm³/mol. The van der Waals surface area contributed by atoms with Gasteiger partial charge in [-0.25, -0.2) is 4.79 Å². The van der Waals surface area contributed by atoms with Crippen molar-refractivity contribution in [1.29, 1.82) is 0 Å². The van der Waals surface area contributed by atoms with Gasteiger partial charge >= 0.3 is 6.03 Å². The molecule has 0 aliphatic carbocycles. The van der Waals surface area contributed by atoms with E-state index in [1.165, 1.54) is 23.8 Å². The maximum atomic E-state index is 13.0. The summed E-state index contributed by atoms with van der Waals surface area (Å²) in [5.74, 6) is 0. The first-order chi connectivity index (χ1) is 11.2. The van der Waals surface area contributed by atoms with Crippen LogP contribution in [0.2, 0.25) is 0 Å². The molecule has 0 atom stereocenters. The number of hydrogen-bond acceptors (Lipinski definition) is 1. The summed E-state index contributed by atoms with van der Waals surface area (Å²) in [5, 5.41) is 1.18. The first-order valence-corrected chi connectivity index (χ1v) is 8.73. The lowest BCUT2D eigenvalue weighted by atomic mass is 10.0. The fourth-order valence-corrected chi connectivity index (χ4v) is 3.20. The number of fused-ring (bicyclic) bond motifs is 1. The minimum absolute atomic E-state index is 0.0443. The molecule has 0 unspecified atom stereocenters. The molecule has 124 valence electrons. The van der Waals surface area contributed by atoms with Crippen LogP contribution in [0, 0.1) is 0 Å². The van der Waals surface area contributed by atoms with Gasteiger partial charge in [-0.05, 0) is 44.4 Å². The highest BCUT2D eigenvalue weighted by Crippen LogP contribution is 2.29. The summed E-state index contributed by atoms with van der Waals surface area (Å²) in [6.07, 6.45) is 6.38. The number of unbranched alkanes of at least 4 members (excludes halogenated alkanes) is 2. The second kappa shape index (κ2) is 8.00. The van der Waals surface area contributed by atoms with Crippen molar-refractivity contribution in [3.63, 3.8) is 0 Å². The molecule has 23 heavy (non-hydrogen) atoms. The summed E-state index contributed by atoms with van der Waals surface area (Å²) in [4.78, 5) is 14.8. The highest BCUT2D eigenvalue weighted by molar-refractivity contribution is 5.97. The molecule has 3 nitrogen and oxygen atoms in total. The Bertz CT molecular complexity index is 680. The summed E-state index contributed by atoms with van der Waals surface area (Å²) < 4.78 is 1.84. The molecule has 0 N–H and O–H groups in total. The number of para-hydroxylation sites is 1. The molecule has 2 rings (SSSR count). The molecule has 2 aromatic rings. The van der Waals surface area contributed by atoms with Crippen LogP contribution in [-0.4, -0.2) is 28.6 Å². The molecule has 3 heteroatoms. The Morgan fingerprint density at radius 1 is 1.17 bits per heavy atom. The van der Waals surface area contributed by atoms with Gasteiger partial charge in [0.05, 0.1) is 11.2 Å². The molecule has 1 amide bonds. The number of aryl methyl sites for hydroxylation is 1. The van der Waals surface area contributed by atoms with Crippen molar-refractivity contribution in [2.45, 2.75) is 46.5 Å². The summed E-state index contributed by atoms with van der Waals surface area (Å²) in [6, 6.07) is 8.24. The zero-order chi connectivity index (χ0) is 16.8. The number of hydrogen-bond donors (Lipinski definition) is 0. The highest BCUT2D eigenvalue weighted by atomic mass is 16.2. The summed E-state index contributed by atoms with van der Waals surface area (Å²) >= 11 is 0. The third kappa shape index (κ3) is 3.34. The third-order valence-electron chi connectivity index (χ3n) is 4.47. The smallest absolute Gasteiger partial charge is 0.325 e. The maximum Gasteiger partial charge on any atom is 0.329 e. The molecule has 0 saturated heterocycles. The van der Waals surface area contributed by atoms with E-state index in [1.807, 2.05) is 47.6 Å². The second-order valence-corrected chi connectivity index (χ2v) is 5.83. The molecule has 0 bridgehead atoms. The van der Waals surface area contributed by atoms with Crippen LogP contribution >= 0.6 is 0 Å². The minimum atomic E-state index is 0.0443. The number of benzene rings is 1. The van der Waals surface area contributed by atoms with Gasteiger partial charge in [-0.2, -0.15) is 0 Å². The molecule has 0 radical (unpaired) electrons. The lowest BCUT2D eigenvalue weighted by Crippen LogP contribution is -2.34. The molecular formula is C20H28N2O. The van der Waals surface area contributed by atoms with Gasteiger partial charge in [-0.3, -0.25) is 4.57 Å². The molecule has 1 aromatic carbocycles. The monoisotopic (exact) mass is 312 g/mol. The summed E-state index contributed by atoms with van der Waals surface area (Å²) in [5.41, 5.74) is 3.20. The van der Waals surface area contributed by atoms with Crippen LogP contribution in [0.3, 0.4) is 0 Å². The van der Waals surface area contributed by atoms with Gasteiger partial charge < -0.3 is 4.90 Å². The van der Waals surface area contributed by atoms with Gasteiger partial charge in [0.2, 0.25) is 0 Å². The maximum absolute atomic E-state index is 13.0. The number of rotatable bonds is 7. The Labute approximate surface area is 139 Å². The van der Waals surface area contributed by atoms with Crippen LogP contribution in [0.15, 0.2) is 30.8 Å². The van der Waals surface area contributed by atoms with Crippen LogP contribution in [0.5, 0.6) is 0 Å². The van der Waals surface area contributed by atoms with Crippen molar-refractivity contribution < 1.29 is 4.79 Å². The first-order valence-electron chi connectivity index (χ1n) is 8.73. The summed E-state index contributed by atoms with van der Waals surface area (Å²) in [7, 11) is 0. The van der Waals surface area contributed by atoms with Crippen molar-refractivity contribution in [1.82, 2.24) is 9.47 Å². The molecular weight excluding hydrogens is 284 g/mol. The largest absolute Gasteiger partial charge is 0.329 e. The zero-order valence-electron chi connectivity index (χ0n) is 14.6. The van der Waals surface area contributed by atoms with Crippen molar-refractivity contribution in [2.75, 3.05) is 13.1 Å². The van der Waals surface area contributed by atoms with Gasteiger partial charge in [0.25, 0.3) is 0 Å². The topological polar surface area (TPSA) is 25.2 Å². The number of amides is 1. The van der Waals surface area contributed by atoms with E-state index in [2.05, 4.69) is 19.6 Å².